The Morgan fingerprint density at radius 1 is 1.62 bits per heavy atom. The van der Waals surface area contributed by atoms with E-state index in [4.69, 9.17) is 7.98 Å². The van der Waals surface area contributed by atoms with Crippen molar-refractivity contribution in [3.8, 4) is 0 Å². The number of alkyl halides is 1. The molecule has 0 aromatic heterocycles. The first kappa shape index (κ1) is 8.71. The Balaban J connectivity index is 2.72. The molecule has 2 nitrogen and oxygen atoms in total. The summed E-state index contributed by atoms with van der Waals surface area (Å²) in [4.78, 5) is 0. The Hall–Kier alpha value is 0.715. The van der Waals surface area contributed by atoms with Crippen LogP contribution in [-0.4, -0.2) is 25.1 Å². The first-order chi connectivity index (χ1) is 3.77. The second-order valence-corrected chi connectivity index (χ2v) is 3.39. The molecule has 0 saturated carbocycles. The fourth-order valence-electron chi connectivity index (χ4n) is 0.343. The van der Waals surface area contributed by atoms with Gasteiger partial charge in [0, 0.05) is 6.54 Å². The second kappa shape index (κ2) is 5.84. The minimum Gasteiger partial charge on any atom is -0.365 e. The van der Waals surface area contributed by atoms with Gasteiger partial charge in [-0.1, -0.05) is 22.6 Å². The van der Waals surface area contributed by atoms with E-state index in [1.54, 1.807) is 0 Å². The van der Waals surface area contributed by atoms with Crippen molar-refractivity contribution in [1.29, 1.82) is 0 Å². The quantitative estimate of drug-likeness (QED) is 0.231. The van der Waals surface area contributed by atoms with Gasteiger partial charge in [0.1, 0.15) is 0 Å². The number of halogens is 1. The van der Waals surface area contributed by atoms with Crippen LogP contribution < -0.4 is 10.5 Å². The predicted octanol–water partition coefficient (Wildman–Crippen LogP) is 0.0301. The molecule has 1 unspecified atom stereocenters. The summed E-state index contributed by atoms with van der Waals surface area (Å²) in [6, 6.07) is 0. The van der Waals surface area contributed by atoms with E-state index in [1.165, 1.54) is 0 Å². The van der Waals surface area contributed by atoms with Gasteiger partial charge in [-0.2, -0.15) is 0 Å². The first-order valence-electron chi connectivity index (χ1n) is 2.58. The average molecular weight is 224 g/mol. The topological polar surface area (TPSA) is 24.1 Å². The molecule has 8 heavy (non-hydrogen) atoms. The van der Waals surface area contributed by atoms with Crippen molar-refractivity contribution in [2.24, 2.45) is 0 Å². The van der Waals surface area contributed by atoms with E-state index in [0.29, 0.717) is 4.05 Å². The molecule has 0 fully saturated rings. The highest BCUT2D eigenvalue weighted by Crippen LogP contribution is 1.89. The van der Waals surface area contributed by atoms with Gasteiger partial charge in [0.15, 0.2) is 7.98 Å². The lowest BCUT2D eigenvalue weighted by Gasteiger charge is -2.04. The molecule has 0 heterocycles. The van der Waals surface area contributed by atoms with Gasteiger partial charge >= 0.3 is 0 Å². The van der Waals surface area contributed by atoms with Crippen molar-refractivity contribution in [3.63, 3.8) is 0 Å². The highest BCUT2D eigenvalue weighted by atomic mass is 127. The smallest absolute Gasteiger partial charge is 0.177 e. The third-order valence-electron chi connectivity index (χ3n) is 0.695. The molecule has 2 N–H and O–H groups in total. The largest absolute Gasteiger partial charge is 0.365 e. The second-order valence-electron chi connectivity index (χ2n) is 1.52. The number of hydrogen-bond donors (Lipinski definition) is 2. The normalized spacial score (nSPS) is 13.8. The molecule has 0 saturated heterocycles. The van der Waals surface area contributed by atoms with Crippen LogP contribution in [0.4, 0.5) is 0 Å². The molecule has 0 spiro atoms. The molecule has 0 aliphatic carbocycles. The average Bonchev–Trinajstić information content (AvgIpc) is 1.66. The summed E-state index contributed by atoms with van der Waals surface area (Å²) < 4.78 is 0.529. The van der Waals surface area contributed by atoms with Crippen LogP contribution >= 0.6 is 22.6 Å². The minimum absolute atomic E-state index is 0.529. The minimum atomic E-state index is 0.529. The number of nitrogens with one attached hydrogen (secondary N) is 2. The maximum Gasteiger partial charge on any atom is 0.177 e. The van der Waals surface area contributed by atoms with Gasteiger partial charge in [-0.15, -0.1) is 0 Å². The molecule has 4 heteroatoms. The summed E-state index contributed by atoms with van der Waals surface area (Å²) >= 11 is 2.30. The highest BCUT2D eigenvalue weighted by Gasteiger charge is 1.88. The summed E-state index contributed by atoms with van der Waals surface area (Å²) in [6.45, 7) is 3.85. The standard InChI is InChI=1S/C4H10BIN2/c1-4(6)7-2-3-8-5/h4,7-8H,2-3H2,1H3. The zero-order valence-corrected chi connectivity index (χ0v) is 7.10. The Bertz CT molecular complexity index is 51.3. The van der Waals surface area contributed by atoms with Gasteiger partial charge in [-0.25, -0.2) is 0 Å². The highest BCUT2D eigenvalue weighted by molar-refractivity contribution is 14.1. The van der Waals surface area contributed by atoms with Gasteiger partial charge in [0.2, 0.25) is 0 Å². The molecular weight excluding hydrogens is 214 g/mol. The van der Waals surface area contributed by atoms with Crippen LogP contribution in [0.5, 0.6) is 0 Å². The van der Waals surface area contributed by atoms with Crippen molar-refractivity contribution >= 4 is 30.6 Å². The summed E-state index contributed by atoms with van der Waals surface area (Å²) in [5, 5.41) is 5.75. The van der Waals surface area contributed by atoms with Gasteiger partial charge in [0.05, 0.1) is 4.05 Å². The van der Waals surface area contributed by atoms with Crippen LogP contribution in [0, 0.1) is 0 Å². The first-order valence-corrected chi connectivity index (χ1v) is 3.83. The molecule has 0 aliphatic rings. The fourth-order valence-corrected chi connectivity index (χ4v) is 0.655. The van der Waals surface area contributed by atoms with Gasteiger partial charge in [-0.3, -0.25) is 0 Å². The van der Waals surface area contributed by atoms with E-state index in [0.717, 1.165) is 13.1 Å². The number of hydrogen-bond acceptors (Lipinski definition) is 2. The molecule has 0 amide bonds. The van der Waals surface area contributed by atoms with Crippen LogP contribution in [0.2, 0.25) is 0 Å². The fraction of sp³-hybridized carbons (Fsp3) is 1.00. The van der Waals surface area contributed by atoms with E-state index in [1.807, 2.05) is 0 Å². The molecule has 0 aliphatic heterocycles. The Labute approximate surface area is 65.4 Å². The lowest BCUT2D eigenvalue weighted by atomic mass is 10.4. The Morgan fingerprint density at radius 3 is 2.62 bits per heavy atom. The molecule has 46 valence electrons. The third-order valence-corrected chi connectivity index (χ3v) is 1.14. The van der Waals surface area contributed by atoms with Gasteiger partial charge in [0.25, 0.3) is 0 Å². The van der Waals surface area contributed by atoms with Crippen molar-refractivity contribution in [2.75, 3.05) is 13.1 Å². The van der Waals surface area contributed by atoms with Gasteiger partial charge < -0.3 is 10.5 Å². The maximum atomic E-state index is 5.02. The van der Waals surface area contributed by atoms with Crippen LogP contribution in [-0.2, 0) is 0 Å². The van der Waals surface area contributed by atoms with Crippen LogP contribution in [0.25, 0.3) is 0 Å². The van der Waals surface area contributed by atoms with Gasteiger partial charge in [-0.05, 0) is 13.5 Å². The molecule has 0 bridgehead atoms. The van der Waals surface area contributed by atoms with E-state index >= 15 is 0 Å². The Kier molecular flexibility index (Phi) is 6.37. The summed E-state index contributed by atoms with van der Waals surface area (Å²) in [6.07, 6.45) is 0. The van der Waals surface area contributed by atoms with E-state index in [-0.39, 0.29) is 0 Å². The molecule has 2 radical (unpaired) electrons. The molecule has 0 aromatic rings. The molecule has 1 atom stereocenters. The summed E-state index contributed by atoms with van der Waals surface area (Å²) in [5.74, 6) is 0. The summed E-state index contributed by atoms with van der Waals surface area (Å²) in [7, 11) is 5.02. The van der Waals surface area contributed by atoms with Crippen LogP contribution in [0.15, 0.2) is 0 Å². The predicted molar refractivity (Wildman–Crippen MR) is 45.2 cm³/mol. The number of rotatable bonds is 4. The lowest BCUT2D eigenvalue weighted by molar-refractivity contribution is 0.690. The lowest BCUT2D eigenvalue weighted by Crippen LogP contribution is -2.28. The Morgan fingerprint density at radius 2 is 2.25 bits per heavy atom. The molecule has 0 aromatic carbocycles. The molecule has 0 rings (SSSR count). The zero-order valence-electron chi connectivity index (χ0n) is 4.95. The monoisotopic (exact) mass is 224 g/mol. The van der Waals surface area contributed by atoms with Crippen LogP contribution in [0.1, 0.15) is 6.92 Å². The molecular formula is C4H10BIN2. The maximum absolute atomic E-state index is 5.02. The van der Waals surface area contributed by atoms with Crippen molar-refractivity contribution in [1.82, 2.24) is 10.5 Å². The summed E-state index contributed by atoms with van der Waals surface area (Å²) in [5.41, 5.74) is 0. The SMILES string of the molecule is [B]NCCNC(C)I. The van der Waals surface area contributed by atoms with Crippen molar-refractivity contribution < 1.29 is 0 Å². The van der Waals surface area contributed by atoms with Crippen molar-refractivity contribution in [2.45, 2.75) is 11.0 Å². The van der Waals surface area contributed by atoms with E-state index in [2.05, 4.69) is 40.1 Å². The van der Waals surface area contributed by atoms with E-state index < -0.39 is 0 Å². The van der Waals surface area contributed by atoms with E-state index in [9.17, 15) is 0 Å². The van der Waals surface area contributed by atoms with Crippen LogP contribution in [0.3, 0.4) is 0 Å². The third kappa shape index (κ3) is 6.71. The zero-order chi connectivity index (χ0) is 6.41. The van der Waals surface area contributed by atoms with Crippen molar-refractivity contribution in [3.05, 3.63) is 0 Å².